The van der Waals surface area contributed by atoms with Gasteiger partial charge in [0.15, 0.2) is 0 Å². The Morgan fingerprint density at radius 3 is 2.67 bits per heavy atom. The number of rotatable bonds is 4. The molecule has 1 fully saturated rings. The van der Waals surface area contributed by atoms with Crippen LogP contribution < -0.4 is 11.1 Å². The molecule has 7 nitrogen and oxygen atoms in total. The van der Waals surface area contributed by atoms with Gasteiger partial charge >= 0.3 is 12.0 Å². The summed E-state index contributed by atoms with van der Waals surface area (Å²) >= 11 is 1.76. The van der Waals surface area contributed by atoms with E-state index in [1.165, 1.54) is 0 Å². The van der Waals surface area contributed by atoms with Gasteiger partial charge in [0.2, 0.25) is 5.91 Å². The highest BCUT2D eigenvalue weighted by molar-refractivity contribution is 7.99. The van der Waals surface area contributed by atoms with Crippen molar-refractivity contribution in [2.24, 2.45) is 5.73 Å². The molecule has 0 aromatic rings. The van der Waals surface area contributed by atoms with Gasteiger partial charge in [-0.1, -0.05) is 0 Å². The number of hydrogen-bond donors (Lipinski definition) is 3. The molecule has 0 aliphatic carbocycles. The molecule has 0 saturated carbocycles. The van der Waals surface area contributed by atoms with E-state index in [-0.39, 0.29) is 0 Å². The van der Waals surface area contributed by atoms with E-state index in [0.717, 1.165) is 17.9 Å². The Balaban J connectivity index is 2.53. The number of nitrogens with one attached hydrogen (secondary N) is 1. The molecule has 1 atom stereocenters. The smallest absolute Gasteiger partial charge is 0.326 e. The fraction of sp³-hybridized carbons (Fsp3) is 0.700. The Kier molecular flexibility index (Phi) is 5.76. The summed E-state index contributed by atoms with van der Waals surface area (Å²) in [7, 11) is 0. The molecule has 0 radical (unpaired) electrons. The van der Waals surface area contributed by atoms with Crippen LogP contribution in [0.4, 0.5) is 4.79 Å². The van der Waals surface area contributed by atoms with Crippen LogP contribution in [-0.4, -0.2) is 58.6 Å². The maximum absolute atomic E-state index is 11.8. The first kappa shape index (κ1) is 14.6. The zero-order valence-electron chi connectivity index (χ0n) is 9.92. The minimum atomic E-state index is -1.26. The monoisotopic (exact) mass is 275 g/mol. The van der Waals surface area contributed by atoms with Crippen LogP contribution in [0.15, 0.2) is 0 Å². The number of thioether (sulfide) groups is 1. The number of urea groups is 1. The number of hydrogen-bond acceptors (Lipinski definition) is 4. The lowest BCUT2D eigenvalue weighted by Crippen LogP contribution is -2.49. The molecule has 0 bridgehead atoms. The van der Waals surface area contributed by atoms with Crippen molar-refractivity contribution in [2.75, 3.05) is 24.6 Å². The summed E-state index contributed by atoms with van der Waals surface area (Å²) in [5.74, 6) is -0.186. The highest BCUT2D eigenvalue weighted by atomic mass is 32.2. The zero-order chi connectivity index (χ0) is 13.5. The number of nitrogens with zero attached hydrogens (tertiary/aromatic N) is 1. The molecule has 8 heteroatoms. The van der Waals surface area contributed by atoms with E-state index in [2.05, 4.69) is 5.32 Å². The van der Waals surface area contributed by atoms with Crippen LogP contribution >= 0.6 is 11.8 Å². The average Bonchev–Trinajstić information content (AvgIpc) is 2.55. The predicted molar refractivity (Wildman–Crippen MR) is 67.3 cm³/mol. The van der Waals surface area contributed by atoms with Crippen LogP contribution in [0.1, 0.15) is 12.8 Å². The van der Waals surface area contributed by atoms with Gasteiger partial charge in [0.1, 0.15) is 6.04 Å². The predicted octanol–water partition coefficient (Wildman–Crippen LogP) is -0.536. The number of amides is 3. The van der Waals surface area contributed by atoms with E-state index in [0.29, 0.717) is 13.1 Å². The third-order valence-corrected chi connectivity index (χ3v) is 3.56. The van der Waals surface area contributed by atoms with Crippen molar-refractivity contribution in [2.45, 2.75) is 18.9 Å². The summed E-state index contributed by atoms with van der Waals surface area (Å²) in [5.41, 5.74) is 4.94. The largest absolute Gasteiger partial charge is 0.480 e. The molecular formula is C10H17N3O4S. The molecule has 1 saturated heterocycles. The second-order valence-corrected chi connectivity index (χ2v) is 5.19. The molecular weight excluding hydrogens is 258 g/mol. The molecule has 0 spiro atoms. The SMILES string of the molecule is NC(=O)C[C@H](NC(=O)N1CCCSCC1)C(=O)O. The summed E-state index contributed by atoms with van der Waals surface area (Å²) in [4.78, 5) is 35.0. The van der Waals surface area contributed by atoms with Gasteiger partial charge in [0.25, 0.3) is 0 Å². The number of carboxylic acid groups (broad SMARTS) is 1. The zero-order valence-corrected chi connectivity index (χ0v) is 10.7. The fourth-order valence-electron chi connectivity index (χ4n) is 1.59. The van der Waals surface area contributed by atoms with Crippen molar-refractivity contribution in [1.82, 2.24) is 10.2 Å². The van der Waals surface area contributed by atoms with Crippen molar-refractivity contribution in [1.29, 1.82) is 0 Å². The Morgan fingerprint density at radius 2 is 2.06 bits per heavy atom. The molecule has 1 rings (SSSR count). The minimum Gasteiger partial charge on any atom is -0.480 e. The summed E-state index contributed by atoms with van der Waals surface area (Å²) in [6.45, 7) is 1.18. The summed E-state index contributed by atoms with van der Waals surface area (Å²) in [6, 6.07) is -1.71. The molecule has 18 heavy (non-hydrogen) atoms. The number of carbonyl (C=O) groups is 3. The van der Waals surface area contributed by atoms with Crippen LogP contribution in [0.3, 0.4) is 0 Å². The van der Waals surface area contributed by atoms with Gasteiger partial charge in [0, 0.05) is 18.8 Å². The Morgan fingerprint density at radius 1 is 1.33 bits per heavy atom. The van der Waals surface area contributed by atoms with Crippen molar-refractivity contribution >= 4 is 29.7 Å². The lowest BCUT2D eigenvalue weighted by molar-refractivity contribution is -0.140. The van der Waals surface area contributed by atoms with Crippen molar-refractivity contribution in [3.8, 4) is 0 Å². The normalized spacial score (nSPS) is 17.7. The number of primary amides is 1. The average molecular weight is 275 g/mol. The highest BCUT2D eigenvalue weighted by Crippen LogP contribution is 2.10. The van der Waals surface area contributed by atoms with E-state index in [9.17, 15) is 14.4 Å². The minimum absolute atomic E-state index is 0.399. The second kappa shape index (κ2) is 7.10. The van der Waals surface area contributed by atoms with Gasteiger partial charge in [-0.05, 0) is 12.2 Å². The van der Waals surface area contributed by atoms with E-state index in [1.807, 2.05) is 0 Å². The van der Waals surface area contributed by atoms with Gasteiger partial charge in [-0.15, -0.1) is 0 Å². The summed E-state index contributed by atoms with van der Waals surface area (Å²) < 4.78 is 0. The summed E-state index contributed by atoms with van der Waals surface area (Å²) in [6.07, 6.45) is 0.481. The number of carboxylic acids is 1. The summed E-state index contributed by atoms with van der Waals surface area (Å²) in [5, 5.41) is 11.2. The molecule has 1 aliphatic rings. The maximum Gasteiger partial charge on any atom is 0.326 e. The topological polar surface area (TPSA) is 113 Å². The third-order valence-electron chi connectivity index (χ3n) is 2.51. The van der Waals surface area contributed by atoms with Crippen LogP contribution in [0.5, 0.6) is 0 Å². The van der Waals surface area contributed by atoms with Crippen LogP contribution in [0.25, 0.3) is 0 Å². The van der Waals surface area contributed by atoms with Crippen molar-refractivity contribution < 1.29 is 19.5 Å². The molecule has 102 valence electrons. The molecule has 0 unspecified atom stereocenters. The third kappa shape index (κ3) is 4.82. The van der Waals surface area contributed by atoms with Gasteiger partial charge in [-0.2, -0.15) is 11.8 Å². The molecule has 1 aliphatic heterocycles. The second-order valence-electron chi connectivity index (χ2n) is 3.96. The molecule has 0 aromatic carbocycles. The van der Waals surface area contributed by atoms with Crippen molar-refractivity contribution in [3.05, 3.63) is 0 Å². The quantitative estimate of drug-likeness (QED) is 0.638. The van der Waals surface area contributed by atoms with Gasteiger partial charge < -0.3 is 21.1 Å². The van der Waals surface area contributed by atoms with Crippen LogP contribution in [0.2, 0.25) is 0 Å². The number of aliphatic carboxylic acids is 1. The Labute approximate surface area is 109 Å². The molecule has 1 heterocycles. The lowest BCUT2D eigenvalue weighted by atomic mass is 10.2. The highest BCUT2D eigenvalue weighted by Gasteiger charge is 2.25. The first-order chi connectivity index (χ1) is 8.50. The number of carbonyl (C=O) groups excluding carboxylic acids is 2. The first-order valence-corrected chi connectivity index (χ1v) is 6.80. The molecule has 0 aromatic heterocycles. The fourth-order valence-corrected chi connectivity index (χ4v) is 2.48. The van der Waals surface area contributed by atoms with Gasteiger partial charge in [-0.3, -0.25) is 4.79 Å². The lowest BCUT2D eigenvalue weighted by Gasteiger charge is -2.22. The van der Waals surface area contributed by atoms with Crippen LogP contribution in [0, 0.1) is 0 Å². The molecule has 4 N–H and O–H groups in total. The number of nitrogens with two attached hydrogens (primary N) is 1. The van der Waals surface area contributed by atoms with E-state index < -0.39 is 30.4 Å². The van der Waals surface area contributed by atoms with Crippen LogP contribution in [-0.2, 0) is 9.59 Å². The van der Waals surface area contributed by atoms with Crippen molar-refractivity contribution in [3.63, 3.8) is 0 Å². The Hall–Kier alpha value is -1.44. The Bertz CT molecular complexity index is 329. The standard InChI is InChI=1S/C10H17N3O4S/c11-8(14)6-7(9(15)16)12-10(17)13-2-1-4-18-5-3-13/h7H,1-6H2,(H2,11,14)(H,12,17)(H,15,16)/t7-/m0/s1. The first-order valence-electron chi connectivity index (χ1n) is 5.65. The van der Waals surface area contributed by atoms with E-state index >= 15 is 0 Å². The molecule has 3 amide bonds. The van der Waals surface area contributed by atoms with Gasteiger partial charge in [-0.25, -0.2) is 9.59 Å². The van der Waals surface area contributed by atoms with Gasteiger partial charge in [0.05, 0.1) is 6.42 Å². The van der Waals surface area contributed by atoms with E-state index in [4.69, 9.17) is 10.8 Å². The maximum atomic E-state index is 11.8. The van der Waals surface area contributed by atoms with E-state index in [1.54, 1.807) is 16.7 Å².